The van der Waals surface area contributed by atoms with Gasteiger partial charge in [0.15, 0.2) is 0 Å². The molecule has 0 saturated carbocycles. The van der Waals surface area contributed by atoms with Crippen molar-refractivity contribution < 1.29 is 9.53 Å². The van der Waals surface area contributed by atoms with Gasteiger partial charge in [0.25, 0.3) is 0 Å². The number of carbonyl (C=O) groups is 1. The fourth-order valence-corrected chi connectivity index (χ4v) is 0.564. The van der Waals surface area contributed by atoms with Gasteiger partial charge in [0.1, 0.15) is 0 Å². The van der Waals surface area contributed by atoms with E-state index in [0.717, 1.165) is 19.3 Å². The molecule has 0 aliphatic rings. The molecule has 10 heavy (non-hydrogen) atoms. The highest BCUT2D eigenvalue weighted by molar-refractivity contribution is 5.69. The summed E-state index contributed by atoms with van der Waals surface area (Å²) < 4.78 is 4.84. The van der Waals surface area contributed by atoms with Gasteiger partial charge in [-0.1, -0.05) is 20.3 Å². The summed E-state index contributed by atoms with van der Waals surface area (Å²) in [6, 6.07) is 0. The van der Waals surface area contributed by atoms with Gasteiger partial charge in [0.05, 0.1) is 6.61 Å². The first kappa shape index (κ1) is 9.47. The van der Waals surface area contributed by atoms with Crippen molar-refractivity contribution in [1.29, 1.82) is 0 Å². The average Bonchev–Trinajstić information content (AvgIpc) is 1.89. The van der Waals surface area contributed by atoms with Crippen LogP contribution in [0.3, 0.4) is 0 Å². The fraction of sp³-hybridized carbons (Fsp3) is 0.750. The Bertz CT molecular complexity index is 89.3. The van der Waals surface area contributed by atoms with E-state index in [-0.39, 0.29) is 5.97 Å². The number of unbranched alkanes of at least 4 members (excludes halogenated alkanes) is 1. The molecule has 59 valence electrons. The number of rotatable bonds is 5. The third-order valence-corrected chi connectivity index (χ3v) is 1.11. The summed E-state index contributed by atoms with van der Waals surface area (Å²) >= 11 is 0. The molecule has 0 N–H and O–H groups in total. The van der Waals surface area contributed by atoms with Gasteiger partial charge in [-0.15, -0.1) is 0 Å². The number of esters is 1. The molecule has 0 amide bonds. The molecule has 0 aliphatic heterocycles. The minimum Gasteiger partial charge on any atom is -0.466 e. The minimum atomic E-state index is -0.0871. The van der Waals surface area contributed by atoms with Crippen LogP contribution in [0.2, 0.25) is 0 Å². The molecule has 0 aromatic carbocycles. The Morgan fingerprint density at radius 3 is 2.80 bits per heavy atom. The predicted molar refractivity (Wildman–Crippen MR) is 40.5 cm³/mol. The van der Waals surface area contributed by atoms with Crippen LogP contribution in [0.1, 0.15) is 32.6 Å². The lowest BCUT2D eigenvalue weighted by atomic mass is 10.3. The fourth-order valence-electron chi connectivity index (χ4n) is 0.564. The Labute approximate surface area is 62.6 Å². The van der Waals surface area contributed by atoms with E-state index in [2.05, 4.69) is 6.92 Å². The van der Waals surface area contributed by atoms with Crippen LogP contribution in [0, 0.1) is 6.92 Å². The lowest BCUT2D eigenvalue weighted by Crippen LogP contribution is -2.04. The van der Waals surface area contributed by atoms with Gasteiger partial charge >= 0.3 is 5.97 Å². The Morgan fingerprint density at radius 2 is 2.30 bits per heavy atom. The molecule has 1 radical (unpaired) electrons. The maximum absolute atomic E-state index is 10.7. The van der Waals surface area contributed by atoms with Crippen LogP contribution in [0.5, 0.6) is 0 Å². The first-order chi connectivity index (χ1) is 4.81. The van der Waals surface area contributed by atoms with Gasteiger partial charge in [0.2, 0.25) is 0 Å². The molecule has 0 bridgehead atoms. The molecule has 0 aromatic rings. The van der Waals surface area contributed by atoms with Crippen molar-refractivity contribution in [2.45, 2.75) is 32.6 Å². The van der Waals surface area contributed by atoms with Crippen molar-refractivity contribution in [1.82, 2.24) is 0 Å². The molecule has 2 nitrogen and oxygen atoms in total. The second-order valence-electron chi connectivity index (χ2n) is 2.18. The van der Waals surface area contributed by atoms with Crippen LogP contribution in [0.25, 0.3) is 0 Å². The standard InChI is InChI=1S/C8H15O2/c1-3-5-7-10-8(9)6-4-2/h1,3-7H2,2H3. The lowest BCUT2D eigenvalue weighted by molar-refractivity contribution is -0.143. The van der Waals surface area contributed by atoms with E-state index in [9.17, 15) is 4.79 Å². The molecule has 0 atom stereocenters. The van der Waals surface area contributed by atoms with Gasteiger partial charge in [0, 0.05) is 6.42 Å². The van der Waals surface area contributed by atoms with Crippen molar-refractivity contribution in [3.8, 4) is 0 Å². The topological polar surface area (TPSA) is 26.3 Å². The summed E-state index contributed by atoms with van der Waals surface area (Å²) in [4.78, 5) is 10.7. The Morgan fingerprint density at radius 1 is 1.60 bits per heavy atom. The van der Waals surface area contributed by atoms with E-state index in [1.54, 1.807) is 0 Å². The average molecular weight is 143 g/mol. The Balaban J connectivity index is 3.05. The first-order valence-corrected chi connectivity index (χ1v) is 3.76. The van der Waals surface area contributed by atoms with Crippen LogP contribution < -0.4 is 0 Å². The largest absolute Gasteiger partial charge is 0.466 e. The van der Waals surface area contributed by atoms with Crippen molar-refractivity contribution >= 4 is 5.97 Å². The summed E-state index contributed by atoms with van der Waals surface area (Å²) in [6.45, 7) is 6.13. The van der Waals surface area contributed by atoms with Crippen LogP contribution in [0.4, 0.5) is 0 Å². The summed E-state index contributed by atoms with van der Waals surface area (Å²) in [7, 11) is 0. The first-order valence-electron chi connectivity index (χ1n) is 3.76. The molecule has 0 aliphatic carbocycles. The molecule has 0 saturated heterocycles. The smallest absolute Gasteiger partial charge is 0.305 e. The molecular formula is C8H15O2. The maximum atomic E-state index is 10.7. The normalized spacial score (nSPS) is 9.40. The molecule has 0 heterocycles. The highest BCUT2D eigenvalue weighted by Crippen LogP contribution is 1.93. The lowest BCUT2D eigenvalue weighted by Gasteiger charge is -2.00. The second kappa shape index (κ2) is 6.59. The highest BCUT2D eigenvalue weighted by Gasteiger charge is 1.97. The zero-order chi connectivity index (χ0) is 7.82. The van der Waals surface area contributed by atoms with Gasteiger partial charge < -0.3 is 4.74 Å². The molecule has 0 spiro atoms. The van der Waals surface area contributed by atoms with Crippen LogP contribution >= 0.6 is 0 Å². The van der Waals surface area contributed by atoms with Crippen LogP contribution in [-0.2, 0) is 9.53 Å². The van der Waals surface area contributed by atoms with Crippen molar-refractivity contribution in [3.63, 3.8) is 0 Å². The molecule has 0 fully saturated rings. The van der Waals surface area contributed by atoms with Crippen molar-refractivity contribution in [3.05, 3.63) is 6.92 Å². The van der Waals surface area contributed by atoms with Crippen molar-refractivity contribution in [2.75, 3.05) is 6.61 Å². The maximum Gasteiger partial charge on any atom is 0.305 e. The molecular weight excluding hydrogens is 128 g/mol. The van der Waals surface area contributed by atoms with Crippen LogP contribution in [-0.4, -0.2) is 12.6 Å². The molecule has 0 unspecified atom stereocenters. The number of carbonyl (C=O) groups excluding carboxylic acids is 1. The molecule has 2 heteroatoms. The third-order valence-electron chi connectivity index (χ3n) is 1.11. The predicted octanol–water partition coefficient (Wildman–Crippen LogP) is 1.94. The summed E-state index contributed by atoms with van der Waals surface area (Å²) in [5, 5.41) is 0. The third kappa shape index (κ3) is 5.60. The second-order valence-corrected chi connectivity index (χ2v) is 2.18. The molecule has 0 aromatic heterocycles. The van der Waals surface area contributed by atoms with E-state index in [4.69, 9.17) is 4.74 Å². The number of ether oxygens (including phenoxy) is 1. The zero-order valence-corrected chi connectivity index (χ0v) is 6.56. The summed E-state index contributed by atoms with van der Waals surface area (Å²) in [5.74, 6) is -0.0871. The van der Waals surface area contributed by atoms with E-state index in [0.29, 0.717) is 13.0 Å². The van der Waals surface area contributed by atoms with Gasteiger partial charge in [-0.05, 0) is 12.8 Å². The quantitative estimate of drug-likeness (QED) is 0.434. The SMILES string of the molecule is [CH2]CCCOC(=O)CCC. The Kier molecular flexibility index (Phi) is 6.24. The highest BCUT2D eigenvalue weighted by atomic mass is 16.5. The van der Waals surface area contributed by atoms with E-state index in [1.165, 1.54) is 0 Å². The summed E-state index contributed by atoms with van der Waals surface area (Å²) in [6.07, 6.45) is 3.11. The van der Waals surface area contributed by atoms with E-state index in [1.807, 2.05) is 6.92 Å². The monoisotopic (exact) mass is 143 g/mol. The number of hydrogen-bond donors (Lipinski definition) is 0. The van der Waals surface area contributed by atoms with Crippen LogP contribution in [0.15, 0.2) is 0 Å². The van der Waals surface area contributed by atoms with Gasteiger partial charge in [-0.2, -0.15) is 0 Å². The van der Waals surface area contributed by atoms with Gasteiger partial charge in [-0.3, -0.25) is 4.79 Å². The zero-order valence-electron chi connectivity index (χ0n) is 6.56. The van der Waals surface area contributed by atoms with Crippen molar-refractivity contribution in [2.24, 2.45) is 0 Å². The summed E-state index contributed by atoms with van der Waals surface area (Å²) in [5.41, 5.74) is 0. The van der Waals surface area contributed by atoms with Gasteiger partial charge in [-0.25, -0.2) is 0 Å². The number of hydrogen-bond acceptors (Lipinski definition) is 2. The molecule has 0 rings (SSSR count). The minimum absolute atomic E-state index is 0.0871. The Hall–Kier alpha value is -0.530. The van der Waals surface area contributed by atoms with E-state index < -0.39 is 0 Å². The van der Waals surface area contributed by atoms with E-state index >= 15 is 0 Å².